The zero-order chi connectivity index (χ0) is 24.5. The number of carboxylic acid groups (broad SMARTS) is 1. The van der Waals surface area contributed by atoms with Crippen LogP contribution in [0.15, 0.2) is 72.8 Å². The van der Waals surface area contributed by atoms with Gasteiger partial charge in [0.1, 0.15) is 12.6 Å². The first-order valence-electron chi connectivity index (χ1n) is 10.7. The highest BCUT2D eigenvalue weighted by molar-refractivity contribution is 5.94. The van der Waals surface area contributed by atoms with E-state index in [2.05, 4.69) is 5.32 Å². The molecular formula is C26H25NO7. The summed E-state index contributed by atoms with van der Waals surface area (Å²) in [6.45, 7) is 0.950. The van der Waals surface area contributed by atoms with Crippen LogP contribution >= 0.6 is 0 Å². The molecule has 0 aliphatic carbocycles. The van der Waals surface area contributed by atoms with Crippen LogP contribution in [0.4, 0.5) is 4.79 Å². The van der Waals surface area contributed by atoms with E-state index in [0.717, 1.165) is 21.9 Å². The van der Waals surface area contributed by atoms with E-state index in [9.17, 15) is 19.2 Å². The number of aliphatic carboxylic acids is 1. The van der Waals surface area contributed by atoms with Gasteiger partial charge >= 0.3 is 18.0 Å². The number of alkyl carbamates (subject to hydrolysis) is 1. The Morgan fingerprint density at radius 2 is 1.56 bits per heavy atom. The molecule has 8 heteroatoms. The van der Waals surface area contributed by atoms with Gasteiger partial charge in [0.05, 0.1) is 12.3 Å². The van der Waals surface area contributed by atoms with Gasteiger partial charge in [-0.1, -0.05) is 72.8 Å². The summed E-state index contributed by atoms with van der Waals surface area (Å²) in [5.74, 6) is -3.33. The minimum Gasteiger partial charge on any atom is -0.481 e. The lowest BCUT2D eigenvalue weighted by Crippen LogP contribution is -2.44. The second kappa shape index (κ2) is 11.6. The van der Waals surface area contributed by atoms with E-state index in [4.69, 9.17) is 14.6 Å². The summed E-state index contributed by atoms with van der Waals surface area (Å²) >= 11 is 0. The molecule has 34 heavy (non-hydrogen) atoms. The van der Waals surface area contributed by atoms with Gasteiger partial charge in [-0.15, -0.1) is 0 Å². The first-order chi connectivity index (χ1) is 16.3. The summed E-state index contributed by atoms with van der Waals surface area (Å²) in [5.41, 5.74) is 1.48. The molecule has 2 unspecified atom stereocenters. The number of rotatable bonds is 10. The van der Waals surface area contributed by atoms with Crippen LogP contribution in [0.2, 0.25) is 0 Å². The summed E-state index contributed by atoms with van der Waals surface area (Å²) in [5, 5.41) is 13.2. The largest absolute Gasteiger partial charge is 0.481 e. The zero-order valence-corrected chi connectivity index (χ0v) is 18.6. The molecule has 1 amide bonds. The molecule has 3 aromatic rings. The molecule has 0 spiro atoms. The maximum Gasteiger partial charge on any atom is 0.408 e. The van der Waals surface area contributed by atoms with E-state index >= 15 is 0 Å². The Kier molecular flexibility index (Phi) is 8.34. The van der Waals surface area contributed by atoms with Crippen molar-refractivity contribution in [2.75, 3.05) is 6.61 Å². The van der Waals surface area contributed by atoms with Crippen LogP contribution in [-0.2, 0) is 30.5 Å². The van der Waals surface area contributed by atoms with Crippen molar-refractivity contribution in [3.8, 4) is 0 Å². The van der Waals surface area contributed by atoms with Crippen LogP contribution < -0.4 is 5.32 Å². The molecule has 3 rings (SSSR count). The quantitative estimate of drug-likeness (QED) is 0.439. The van der Waals surface area contributed by atoms with E-state index < -0.39 is 48.8 Å². The molecule has 0 fully saturated rings. The van der Waals surface area contributed by atoms with E-state index in [0.29, 0.717) is 0 Å². The number of Topliss-reactive ketones (excluding diaryl/α,β-unsaturated/α-hetero) is 1. The van der Waals surface area contributed by atoms with Crippen LogP contribution in [0.3, 0.4) is 0 Å². The maximum atomic E-state index is 12.6. The Hall–Kier alpha value is -4.20. The molecule has 0 bridgehead atoms. The van der Waals surface area contributed by atoms with Gasteiger partial charge in [0, 0.05) is 0 Å². The van der Waals surface area contributed by atoms with E-state index in [1.165, 1.54) is 0 Å². The summed E-state index contributed by atoms with van der Waals surface area (Å²) in [4.78, 5) is 48.4. The zero-order valence-electron chi connectivity index (χ0n) is 18.6. The lowest BCUT2D eigenvalue weighted by atomic mass is 9.95. The van der Waals surface area contributed by atoms with Gasteiger partial charge in [-0.2, -0.15) is 0 Å². The van der Waals surface area contributed by atoms with Gasteiger partial charge in [-0.3, -0.25) is 14.4 Å². The third-order valence-corrected chi connectivity index (χ3v) is 5.27. The lowest BCUT2D eigenvalue weighted by molar-refractivity contribution is -0.150. The number of amides is 1. The smallest absolute Gasteiger partial charge is 0.408 e. The van der Waals surface area contributed by atoms with Crippen molar-refractivity contribution in [2.45, 2.75) is 31.9 Å². The number of esters is 1. The van der Waals surface area contributed by atoms with Crippen LogP contribution in [-0.4, -0.2) is 41.6 Å². The first-order valence-corrected chi connectivity index (χ1v) is 10.7. The molecule has 0 saturated carbocycles. The first kappa shape index (κ1) is 24.4. The SMILES string of the molecule is CC(C(=O)OCC(=O)C(CC(=O)O)NC(=O)OCc1ccccc1)c1cccc2ccccc12. The van der Waals surface area contributed by atoms with Crippen molar-refractivity contribution in [3.63, 3.8) is 0 Å². The van der Waals surface area contributed by atoms with Crippen molar-refractivity contribution >= 4 is 34.6 Å². The number of nitrogens with one attached hydrogen (secondary N) is 1. The van der Waals surface area contributed by atoms with Gasteiger partial charge in [0.2, 0.25) is 0 Å². The molecule has 0 aromatic heterocycles. The van der Waals surface area contributed by atoms with Gasteiger partial charge in [-0.05, 0) is 28.8 Å². The Bertz CT molecular complexity index is 1170. The minimum atomic E-state index is -1.40. The van der Waals surface area contributed by atoms with E-state index in [-0.39, 0.29) is 6.61 Å². The Morgan fingerprint density at radius 3 is 2.29 bits per heavy atom. The normalized spacial score (nSPS) is 12.4. The van der Waals surface area contributed by atoms with E-state index in [1.54, 1.807) is 31.2 Å². The van der Waals surface area contributed by atoms with Gasteiger partial charge in [-0.25, -0.2) is 4.79 Å². The van der Waals surface area contributed by atoms with Crippen molar-refractivity contribution in [1.82, 2.24) is 5.32 Å². The second-order valence-corrected chi connectivity index (χ2v) is 7.72. The predicted molar refractivity (Wildman–Crippen MR) is 124 cm³/mol. The fraction of sp³-hybridized carbons (Fsp3) is 0.231. The molecule has 0 aliphatic rings. The van der Waals surface area contributed by atoms with Crippen molar-refractivity contribution in [1.29, 1.82) is 0 Å². The molecule has 2 N–H and O–H groups in total. The molecule has 0 aliphatic heterocycles. The summed E-state index contributed by atoms with van der Waals surface area (Å²) in [6, 6.07) is 20.6. The second-order valence-electron chi connectivity index (χ2n) is 7.72. The summed E-state index contributed by atoms with van der Waals surface area (Å²) < 4.78 is 10.2. The number of carbonyl (C=O) groups is 4. The number of benzene rings is 3. The number of fused-ring (bicyclic) bond motifs is 1. The molecule has 0 heterocycles. The summed E-state index contributed by atoms with van der Waals surface area (Å²) in [6.07, 6.45) is -1.62. The van der Waals surface area contributed by atoms with Gasteiger partial charge in [0.15, 0.2) is 12.4 Å². The van der Waals surface area contributed by atoms with Gasteiger partial charge < -0.3 is 19.9 Å². The van der Waals surface area contributed by atoms with Crippen molar-refractivity contribution < 1.29 is 33.8 Å². The minimum absolute atomic E-state index is 0.0435. The number of carboxylic acids is 1. The van der Waals surface area contributed by atoms with Crippen LogP contribution in [0, 0.1) is 0 Å². The topological polar surface area (TPSA) is 119 Å². The number of carbonyl (C=O) groups excluding carboxylic acids is 3. The highest BCUT2D eigenvalue weighted by atomic mass is 16.5. The fourth-order valence-electron chi connectivity index (χ4n) is 3.45. The van der Waals surface area contributed by atoms with Gasteiger partial charge in [0.25, 0.3) is 0 Å². The van der Waals surface area contributed by atoms with Crippen molar-refractivity contribution in [3.05, 3.63) is 83.9 Å². The average Bonchev–Trinajstić information content (AvgIpc) is 2.85. The van der Waals surface area contributed by atoms with Crippen molar-refractivity contribution in [2.24, 2.45) is 0 Å². The molecule has 8 nitrogen and oxygen atoms in total. The molecule has 176 valence electrons. The monoisotopic (exact) mass is 463 g/mol. The van der Waals surface area contributed by atoms with Crippen LogP contribution in [0.5, 0.6) is 0 Å². The highest BCUT2D eigenvalue weighted by Gasteiger charge is 2.27. The van der Waals surface area contributed by atoms with Crippen LogP contribution in [0.1, 0.15) is 30.4 Å². The maximum absolute atomic E-state index is 12.6. The number of hydrogen-bond donors (Lipinski definition) is 2. The predicted octanol–water partition coefficient (Wildman–Crippen LogP) is 3.83. The molecule has 2 atom stereocenters. The molecule has 0 radical (unpaired) electrons. The highest BCUT2D eigenvalue weighted by Crippen LogP contribution is 2.26. The average molecular weight is 463 g/mol. The Labute approximate surface area is 196 Å². The lowest BCUT2D eigenvalue weighted by Gasteiger charge is -2.17. The Balaban J connectivity index is 1.58. The third kappa shape index (κ3) is 6.65. The number of hydrogen-bond acceptors (Lipinski definition) is 6. The van der Waals surface area contributed by atoms with E-state index in [1.807, 2.05) is 48.5 Å². The number of ether oxygens (including phenoxy) is 2. The third-order valence-electron chi connectivity index (χ3n) is 5.27. The van der Waals surface area contributed by atoms with Crippen LogP contribution in [0.25, 0.3) is 10.8 Å². The standard InChI is InChI=1S/C26H25NO7/c1-17(20-13-7-11-19-10-5-6-12-21(19)20)25(31)33-16-23(28)22(14-24(29)30)27-26(32)34-15-18-8-3-2-4-9-18/h2-13,17,22H,14-16H2,1H3,(H,27,32)(H,29,30). The number of ketones is 1. The molecule has 3 aromatic carbocycles. The fourth-order valence-corrected chi connectivity index (χ4v) is 3.45. The summed E-state index contributed by atoms with van der Waals surface area (Å²) in [7, 11) is 0. The molecular weight excluding hydrogens is 438 g/mol. The Morgan fingerprint density at radius 1 is 0.882 bits per heavy atom. The molecule has 0 saturated heterocycles.